The highest BCUT2D eigenvalue weighted by Gasteiger charge is 2.14. The summed E-state index contributed by atoms with van der Waals surface area (Å²) in [5.41, 5.74) is 0.537. The van der Waals surface area contributed by atoms with Gasteiger partial charge in [-0.25, -0.2) is 4.39 Å². The van der Waals surface area contributed by atoms with Crippen LogP contribution in [0.4, 0.5) is 10.1 Å². The summed E-state index contributed by atoms with van der Waals surface area (Å²) in [6.07, 6.45) is -0.632. The molecule has 0 aromatic heterocycles. The van der Waals surface area contributed by atoms with Crippen LogP contribution in [0.2, 0.25) is 0 Å². The molecule has 1 unspecified atom stereocenters. The molecule has 0 saturated carbocycles. The Balaban J connectivity index is 1.94. The minimum Gasteiger partial charge on any atom is -0.481 e. The summed E-state index contributed by atoms with van der Waals surface area (Å²) >= 11 is 0. The van der Waals surface area contributed by atoms with E-state index in [-0.39, 0.29) is 11.7 Å². The van der Waals surface area contributed by atoms with Crippen molar-refractivity contribution in [2.24, 2.45) is 0 Å². The Kier molecular flexibility index (Phi) is 4.13. The molecule has 2 aromatic carbocycles. The maximum atomic E-state index is 12.7. The summed E-state index contributed by atoms with van der Waals surface area (Å²) in [4.78, 5) is 11.9. The van der Waals surface area contributed by atoms with Crippen molar-refractivity contribution in [2.75, 3.05) is 5.32 Å². The summed E-state index contributed by atoms with van der Waals surface area (Å²) in [5.74, 6) is 0.00583. The number of carbonyl (C=O) groups excluding carboxylic acids is 1. The number of benzene rings is 2. The predicted molar refractivity (Wildman–Crippen MR) is 71.6 cm³/mol. The molecule has 0 aliphatic rings. The van der Waals surface area contributed by atoms with Crippen molar-refractivity contribution in [1.82, 2.24) is 0 Å². The van der Waals surface area contributed by atoms with Crippen LogP contribution in [0, 0.1) is 5.82 Å². The second-order valence-electron chi connectivity index (χ2n) is 4.07. The number of rotatable bonds is 4. The lowest BCUT2D eigenvalue weighted by atomic mass is 10.3. The Morgan fingerprint density at radius 3 is 2.37 bits per heavy atom. The van der Waals surface area contributed by atoms with Crippen LogP contribution >= 0.6 is 0 Å². The number of nitrogens with one attached hydrogen (secondary N) is 1. The molecule has 1 N–H and O–H groups in total. The summed E-state index contributed by atoms with van der Waals surface area (Å²) in [5, 5.41) is 2.66. The first-order valence-corrected chi connectivity index (χ1v) is 5.93. The fraction of sp³-hybridized carbons (Fsp3) is 0.133. The molecule has 4 heteroatoms. The number of hydrogen-bond donors (Lipinski definition) is 1. The number of amides is 1. The maximum absolute atomic E-state index is 12.7. The van der Waals surface area contributed by atoms with Crippen LogP contribution in [0.1, 0.15) is 6.92 Å². The van der Waals surface area contributed by atoms with E-state index in [1.54, 1.807) is 19.1 Å². The van der Waals surface area contributed by atoms with Gasteiger partial charge in [0.1, 0.15) is 11.6 Å². The van der Waals surface area contributed by atoms with Crippen molar-refractivity contribution in [3.8, 4) is 5.75 Å². The average molecular weight is 259 g/mol. The molecule has 0 saturated heterocycles. The lowest BCUT2D eigenvalue weighted by Crippen LogP contribution is -2.30. The van der Waals surface area contributed by atoms with Gasteiger partial charge < -0.3 is 10.1 Å². The van der Waals surface area contributed by atoms with Gasteiger partial charge in [0.15, 0.2) is 6.10 Å². The van der Waals surface area contributed by atoms with E-state index in [2.05, 4.69) is 5.32 Å². The van der Waals surface area contributed by atoms with Gasteiger partial charge in [0.2, 0.25) is 0 Å². The van der Waals surface area contributed by atoms with Gasteiger partial charge in [-0.1, -0.05) is 18.2 Å². The van der Waals surface area contributed by atoms with Gasteiger partial charge in [-0.05, 0) is 43.3 Å². The van der Waals surface area contributed by atoms with E-state index in [1.165, 1.54) is 24.3 Å². The SMILES string of the molecule is CC(Oc1ccccc1)C(=O)Nc1ccc(F)cc1. The first kappa shape index (κ1) is 13.1. The van der Waals surface area contributed by atoms with Crippen LogP contribution in [-0.4, -0.2) is 12.0 Å². The van der Waals surface area contributed by atoms with E-state index in [0.29, 0.717) is 11.4 Å². The van der Waals surface area contributed by atoms with Crippen LogP contribution in [0.15, 0.2) is 54.6 Å². The van der Waals surface area contributed by atoms with E-state index in [1.807, 2.05) is 18.2 Å². The number of carbonyl (C=O) groups is 1. The van der Waals surface area contributed by atoms with Gasteiger partial charge in [0.25, 0.3) is 5.91 Å². The molecule has 0 aliphatic carbocycles. The molecule has 0 radical (unpaired) electrons. The summed E-state index contributed by atoms with van der Waals surface area (Å²) in [7, 11) is 0. The first-order chi connectivity index (χ1) is 9.15. The van der Waals surface area contributed by atoms with Crippen LogP contribution in [0.3, 0.4) is 0 Å². The lowest BCUT2D eigenvalue weighted by molar-refractivity contribution is -0.122. The third-order valence-electron chi connectivity index (χ3n) is 2.54. The number of para-hydroxylation sites is 1. The molecule has 0 spiro atoms. The highest BCUT2D eigenvalue weighted by molar-refractivity contribution is 5.94. The molecule has 1 atom stereocenters. The average Bonchev–Trinajstić information content (AvgIpc) is 2.42. The second kappa shape index (κ2) is 6.00. The molecule has 0 bridgehead atoms. The molecule has 1 amide bonds. The Labute approximate surface area is 111 Å². The third kappa shape index (κ3) is 3.81. The molecule has 0 aliphatic heterocycles. The number of anilines is 1. The zero-order valence-corrected chi connectivity index (χ0v) is 10.5. The Hall–Kier alpha value is -2.36. The third-order valence-corrected chi connectivity index (χ3v) is 2.54. The van der Waals surface area contributed by atoms with E-state index in [0.717, 1.165) is 0 Å². The largest absolute Gasteiger partial charge is 0.481 e. The van der Waals surface area contributed by atoms with Crippen LogP contribution in [-0.2, 0) is 4.79 Å². The van der Waals surface area contributed by atoms with Gasteiger partial charge in [0, 0.05) is 5.69 Å². The van der Waals surface area contributed by atoms with E-state index < -0.39 is 6.10 Å². The fourth-order valence-corrected chi connectivity index (χ4v) is 1.53. The zero-order chi connectivity index (χ0) is 13.7. The van der Waals surface area contributed by atoms with Crippen LogP contribution < -0.4 is 10.1 Å². The highest BCUT2D eigenvalue weighted by atomic mass is 19.1. The predicted octanol–water partition coefficient (Wildman–Crippen LogP) is 3.23. The fourth-order valence-electron chi connectivity index (χ4n) is 1.53. The maximum Gasteiger partial charge on any atom is 0.265 e. The van der Waals surface area contributed by atoms with Gasteiger partial charge in [0.05, 0.1) is 0 Å². The zero-order valence-electron chi connectivity index (χ0n) is 10.5. The quantitative estimate of drug-likeness (QED) is 0.915. The number of halogens is 1. The summed E-state index contributed by atoms with van der Waals surface area (Å²) < 4.78 is 18.2. The minimum absolute atomic E-state index is 0.282. The molecular formula is C15H14FNO2. The van der Waals surface area contributed by atoms with Crippen molar-refractivity contribution in [1.29, 1.82) is 0 Å². The molecular weight excluding hydrogens is 245 g/mol. The van der Waals surface area contributed by atoms with Crippen molar-refractivity contribution >= 4 is 11.6 Å². The van der Waals surface area contributed by atoms with Gasteiger partial charge in [-0.2, -0.15) is 0 Å². The van der Waals surface area contributed by atoms with Crippen LogP contribution in [0.25, 0.3) is 0 Å². The second-order valence-corrected chi connectivity index (χ2v) is 4.07. The molecule has 2 aromatic rings. The molecule has 98 valence electrons. The van der Waals surface area contributed by atoms with E-state index in [4.69, 9.17) is 4.74 Å². The van der Waals surface area contributed by atoms with Crippen molar-refractivity contribution < 1.29 is 13.9 Å². The summed E-state index contributed by atoms with van der Waals surface area (Å²) in [6.45, 7) is 1.66. The molecule has 0 fully saturated rings. The smallest absolute Gasteiger partial charge is 0.265 e. The Morgan fingerprint density at radius 2 is 1.74 bits per heavy atom. The highest BCUT2D eigenvalue weighted by Crippen LogP contribution is 2.13. The number of ether oxygens (including phenoxy) is 1. The van der Waals surface area contributed by atoms with E-state index in [9.17, 15) is 9.18 Å². The van der Waals surface area contributed by atoms with Gasteiger partial charge >= 0.3 is 0 Å². The van der Waals surface area contributed by atoms with Crippen LogP contribution in [0.5, 0.6) is 5.75 Å². The molecule has 19 heavy (non-hydrogen) atoms. The Morgan fingerprint density at radius 1 is 1.11 bits per heavy atom. The lowest BCUT2D eigenvalue weighted by Gasteiger charge is -2.14. The first-order valence-electron chi connectivity index (χ1n) is 5.93. The monoisotopic (exact) mass is 259 g/mol. The van der Waals surface area contributed by atoms with Crippen molar-refractivity contribution in [3.63, 3.8) is 0 Å². The molecule has 3 nitrogen and oxygen atoms in total. The van der Waals surface area contributed by atoms with Crippen molar-refractivity contribution in [3.05, 3.63) is 60.4 Å². The normalized spacial score (nSPS) is 11.7. The van der Waals surface area contributed by atoms with Crippen molar-refractivity contribution in [2.45, 2.75) is 13.0 Å². The van der Waals surface area contributed by atoms with E-state index >= 15 is 0 Å². The molecule has 2 rings (SSSR count). The van der Waals surface area contributed by atoms with Gasteiger partial charge in [-0.3, -0.25) is 4.79 Å². The Bertz CT molecular complexity index is 540. The van der Waals surface area contributed by atoms with Gasteiger partial charge in [-0.15, -0.1) is 0 Å². The number of hydrogen-bond acceptors (Lipinski definition) is 2. The minimum atomic E-state index is -0.632. The standard InChI is InChI=1S/C15H14FNO2/c1-11(19-14-5-3-2-4-6-14)15(18)17-13-9-7-12(16)8-10-13/h2-11H,1H3,(H,17,18). The molecule has 0 heterocycles. The topological polar surface area (TPSA) is 38.3 Å². The summed E-state index contributed by atoms with van der Waals surface area (Å²) in [6, 6.07) is 14.7.